The number of ether oxygens (including phenoxy) is 1. The first-order valence-electron chi connectivity index (χ1n) is 9.56. The maximum Gasteiger partial charge on any atom is 0.263 e. The van der Waals surface area contributed by atoms with Crippen molar-refractivity contribution in [3.63, 3.8) is 0 Å². The van der Waals surface area contributed by atoms with Gasteiger partial charge in [-0.25, -0.2) is 9.37 Å². The van der Waals surface area contributed by atoms with E-state index in [1.807, 2.05) is 35.7 Å². The first-order chi connectivity index (χ1) is 15.0. The van der Waals surface area contributed by atoms with Crippen molar-refractivity contribution in [2.24, 2.45) is 0 Å². The van der Waals surface area contributed by atoms with Gasteiger partial charge in [0.05, 0.1) is 18.8 Å². The number of carbonyl (C=O) groups is 1. The molecule has 0 aliphatic carbocycles. The predicted octanol–water partition coefficient (Wildman–Crippen LogP) is 3.93. The fourth-order valence-corrected chi connectivity index (χ4v) is 4.25. The van der Waals surface area contributed by atoms with E-state index in [0.29, 0.717) is 15.8 Å². The Labute approximate surface area is 182 Å². The molecule has 0 unspecified atom stereocenters. The number of hydrogen-bond donors (Lipinski definition) is 0. The summed E-state index contributed by atoms with van der Waals surface area (Å²) in [4.78, 5) is 32.3. The van der Waals surface area contributed by atoms with Crippen molar-refractivity contribution in [2.75, 3.05) is 14.2 Å². The van der Waals surface area contributed by atoms with Crippen molar-refractivity contribution < 1.29 is 13.9 Å². The summed E-state index contributed by atoms with van der Waals surface area (Å²) in [6.07, 6.45) is 1.40. The molecule has 0 fully saturated rings. The van der Waals surface area contributed by atoms with Crippen LogP contribution in [0, 0.1) is 5.82 Å². The van der Waals surface area contributed by atoms with Crippen LogP contribution in [0.2, 0.25) is 0 Å². The maximum absolute atomic E-state index is 13.9. The van der Waals surface area contributed by atoms with Gasteiger partial charge in [-0.2, -0.15) is 0 Å². The molecule has 8 heteroatoms. The Kier molecular flexibility index (Phi) is 5.81. The highest BCUT2D eigenvalue weighted by Gasteiger charge is 2.17. The summed E-state index contributed by atoms with van der Waals surface area (Å²) in [6.45, 7) is 0.0544. The van der Waals surface area contributed by atoms with Crippen LogP contribution in [0.3, 0.4) is 0 Å². The second-order valence-electron chi connectivity index (χ2n) is 7.09. The normalized spacial score (nSPS) is 10.9. The van der Waals surface area contributed by atoms with Gasteiger partial charge in [-0.05, 0) is 23.3 Å². The average Bonchev–Trinajstić information content (AvgIpc) is 3.21. The minimum Gasteiger partial charge on any atom is -0.494 e. The van der Waals surface area contributed by atoms with Crippen LogP contribution in [-0.2, 0) is 17.9 Å². The third-order valence-corrected chi connectivity index (χ3v) is 5.90. The molecule has 2 aromatic heterocycles. The lowest BCUT2D eigenvalue weighted by Gasteiger charge is -2.18. The SMILES string of the molecule is COc1ccc(CN(C)C(=O)Cn2cnc3scc(-c4ccccc4)c3c2=O)cc1F. The number of benzene rings is 2. The number of methoxy groups -OCH3 is 1. The van der Waals surface area contributed by atoms with E-state index in [-0.39, 0.29) is 30.3 Å². The van der Waals surface area contributed by atoms with Gasteiger partial charge < -0.3 is 9.64 Å². The molecule has 0 N–H and O–H groups in total. The fourth-order valence-electron chi connectivity index (χ4n) is 3.35. The first-order valence-corrected chi connectivity index (χ1v) is 10.4. The summed E-state index contributed by atoms with van der Waals surface area (Å²) in [7, 11) is 3.01. The molecule has 0 radical (unpaired) electrons. The lowest BCUT2D eigenvalue weighted by Crippen LogP contribution is -2.33. The number of fused-ring (bicyclic) bond motifs is 1. The van der Waals surface area contributed by atoms with Crippen molar-refractivity contribution in [3.05, 3.63) is 82.0 Å². The number of likely N-dealkylation sites (N-methyl/N-ethyl adjacent to an activating group) is 1. The molecule has 4 rings (SSSR count). The standard InChI is InChI=1S/C23H20FN3O3S/c1-26(11-15-8-9-19(30-2)18(24)10-15)20(28)12-27-14-25-22-21(23(27)29)17(13-31-22)16-6-4-3-5-7-16/h3-10,13-14H,11-12H2,1-2H3. The molecular weight excluding hydrogens is 417 g/mol. The number of hydrogen-bond acceptors (Lipinski definition) is 5. The zero-order valence-corrected chi connectivity index (χ0v) is 17.9. The fraction of sp³-hybridized carbons (Fsp3) is 0.174. The summed E-state index contributed by atoms with van der Waals surface area (Å²) >= 11 is 1.40. The molecule has 158 valence electrons. The largest absolute Gasteiger partial charge is 0.494 e. The molecule has 2 aromatic carbocycles. The molecule has 6 nitrogen and oxygen atoms in total. The molecule has 1 amide bonds. The van der Waals surface area contributed by atoms with E-state index in [9.17, 15) is 14.0 Å². The summed E-state index contributed by atoms with van der Waals surface area (Å²) in [6, 6.07) is 14.2. The van der Waals surface area contributed by atoms with Crippen LogP contribution >= 0.6 is 11.3 Å². The van der Waals surface area contributed by atoms with Gasteiger partial charge in [-0.1, -0.05) is 36.4 Å². The third-order valence-electron chi connectivity index (χ3n) is 5.01. The van der Waals surface area contributed by atoms with E-state index >= 15 is 0 Å². The minimum atomic E-state index is -0.488. The lowest BCUT2D eigenvalue weighted by molar-refractivity contribution is -0.131. The van der Waals surface area contributed by atoms with Gasteiger partial charge in [0.15, 0.2) is 11.6 Å². The van der Waals surface area contributed by atoms with E-state index in [1.54, 1.807) is 13.1 Å². The van der Waals surface area contributed by atoms with Gasteiger partial charge in [0.25, 0.3) is 5.56 Å². The van der Waals surface area contributed by atoms with Crippen molar-refractivity contribution in [1.29, 1.82) is 0 Å². The summed E-state index contributed by atoms with van der Waals surface area (Å²) in [5.41, 5.74) is 2.10. The van der Waals surface area contributed by atoms with E-state index in [4.69, 9.17) is 4.74 Å². The maximum atomic E-state index is 13.9. The van der Waals surface area contributed by atoms with Crippen LogP contribution in [0.4, 0.5) is 4.39 Å². The van der Waals surface area contributed by atoms with Crippen LogP contribution < -0.4 is 10.3 Å². The van der Waals surface area contributed by atoms with E-state index in [2.05, 4.69) is 4.98 Å². The summed E-state index contributed by atoms with van der Waals surface area (Å²) in [5, 5.41) is 2.41. The zero-order chi connectivity index (χ0) is 22.0. The van der Waals surface area contributed by atoms with E-state index in [1.165, 1.54) is 46.4 Å². The number of rotatable bonds is 6. The van der Waals surface area contributed by atoms with Gasteiger partial charge in [0, 0.05) is 24.5 Å². The second-order valence-corrected chi connectivity index (χ2v) is 7.95. The van der Waals surface area contributed by atoms with Crippen molar-refractivity contribution in [2.45, 2.75) is 13.1 Å². The Morgan fingerprint density at radius 1 is 1.23 bits per heavy atom. The molecule has 31 heavy (non-hydrogen) atoms. The minimum absolute atomic E-state index is 0.147. The van der Waals surface area contributed by atoms with Crippen LogP contribution in [0.5, 0.6) is 5.75 Å². The topological polar surface area (TPSA) is 64.4 Å². The lowest BCUT2D eigenvalue weighted by atomic mass is 10.1. The van der Waals surface area contributed by atoms with Gasteiger partial charge in [0.1, 0.15) is 11.4 Å². The third kappa shape index (κ3) is 4.20. The second kappa shape index (κ2) is 8.69. The van der Waals surface area contributed by atoms with Gasteiger partial charge in [-0.15, -0.1) is 11.3 Å². The van der Waals surface area contributed by atoms with E-state index in [0.717, 1.165) is 11.1 Å². The molecule has 0 saturated heterocycles. The molecule has 4 aromatic rings. The molecule has 0 spiro atoms. The number of thiophene rings is 1. The van der Waals surface area contributed by atoms with Crippen molar-refractivity contribution in [3.8, 4) is 16.9 Å². The Morgan fingerprint density at radius 2 is 2.00 bits per heavy atom. The molecular formula is C23H20FN3O3S. The van der Waals surface area contributed by atoms with Gasteiger partial charge >= 0.3 is 0 Å². The zero-order valence-electron chi connectivity index (χ0n) is 17.0. The molecule has 0 saturated carbocycles. The summed E-state index contributed by atoms with van der Waals surface area (Å²) in [5.74, 6) is -0.623. The molecule has 2 heterocycles. The van der Waals surface area contributed by atoms with Crippen LogP contribution in [0.1, 0.15) is 5.56 Å². The highest BCUT2D eigenvalue weighted by molar-refractivity contribution is 7.17. The van der Waals surface area contributed by atoms with Gasteiger partial charge in [0.2, 0.25) is 5.91 Å². The van der Waals surface area contributed by atoms with Crippen LogP contribution in [-0.4, -0.2) is 34.5 Å². The smallest absolute Gasteiger partial charge is 0.263 e. The predicted molar refractivity (Wildman–Crippen MR) is 119 cm³/mol. The Bertz CT molecular complexity index is 1300. The number of aromatic nitrogens is 2. The Hall–Kier alpha value is -3.52. The number of halogens is 1. The average molecular weight is 437 g/mol. The number of carbonyl (C=O) groups excluding carboxylic acids is 1. The van der Waals surface area contributed by atoms with E-state index < -0.39 is 5.82 Å². The van der Waals surface area contributed by atoms with Crippen molar-refractivity contribution in [1.82, 2.24) is 14.5 Å². The highest BCUT2D eigenvalue weighted by Crippen LogP contribution is 2.30. The molecule has 0 atom stereocenters. The molecule has 0 bridgehead atoms. The van der Waals surface area contributed by atoms with Crippen LogP contribution in [0.15, 0.2) is 65.0 Å². The van der Waals surface area contributed by atoms with Gasteiger partial charge in [-0.3, -0.25) is 14.2 Å². The highest BCUT2D eigenvalue weighted by atomic mass is 32.1. The molecule has 0 aliphatic rings. The number of nitrogens with zero attached hydrogens (tertiary/aromatic N) is 3. The molecule has 0 aliphatic heterocycles. The Balaban J connectivity index is 1.56. The summed E-state index contributed by atoms with van der Waals surface area (Å²) < 4.78 is 20.1. The monoisotopic (exact) mass is 437 g/mol. The first kappa shape index (κ1) is 20.7. The quantitative estimate of drug-likeness (QED) is 0.459. The van der Waals surface area contributed by atoms with Crippen molar-refractivity contribution >= 4 is 27.5 Å². The van der Waals surface area contributed by atoms with Crippen LogP contribution in [0.25, 0.3) is 21.3 Å². The Morgan fingerprint density at radius 3 is 2.71 bits per heavy atom. The number of amides is 1.